The third kappa shape index (κ3) is 7.28. The molecule has 10 heteroatoms. The van der Waals surface area contributed by atoms with Crippen molar-refractivity contribution in [3.63, 3.8) is 0 Å². The van der Waals surface area contributed by atoms with E-state index in [0.29, 0.717) is 16.7 Å². The van der Waals surface area contributed by atoms with E-state index in [1.54, 1.807) is 24.3 Å². The van der Waals surface area contributed by atoms with E-state index in [4.69, 9.17) is 4.74 Å². The van der Waals surface area contributed by atoms with Crippen LogP contribution < -0.4 is 15.5 Å². The molecule has 3 heterocycles. The van der Waals surface area contributed by atoms with Gasteiger partial charge in [-0.3, -0.25) is 19.3 Å². The van der Waals surface area contributed by atoms with Crippen LogP contribution >= 0.6 is 0 Å². The summed E-state index contributed by atoms with van der Waals surface area (Å²) in [6, 6.07) is 36.0. The minimum Gasteiger partial charge on any atom is -0.508 e. The first kappa shape index (κ1) is 41.1. The van der Waals surface area contributed by atoms with Crippen LogP contribution in [0.5, 0.6) is 5.75 Å². The monoisotopic (exact) mass is 836 g/mol. The summed E-state index contributed by atoms with van der Waals surface area (Å²) in [6.45, 7) is 5.72. The Labute approximate surface area is 367 Å². The fraction of sp³-hybridized carbons (Fsp3) is 0.245. The van der Waals surface area contributed by atoms with E-state index in [-0.39, 0.29) is 18.0 Å². The van der Waals surface area contributed by atoms with Crippen LogP contribution in [0, 0.1) is 17.8 Å². The maximum absolute atomic E-state index is 16.3. The van der Waals surface area contributed by atoms with E-state index in [9.17, 15) is 9.90 Å². The van der Waals surface area contributed by atoms with Crippen LogP contribution in [0.15, 0.2) is 158 Å². The fourth-order valence-corrected chi connectivity index (χ4v) is 10.1. The highest BCUT2D eigenvalue weighted by Gasteiger charge is 2.75. The van der Waals surface area contributed by atoms with Gasteiger partial charge in [0.1, 0.15) is 23.3 Å². The number of rotatable bonds is 8. The Bertz CT molecular complexity index is 2660. The average Bonchev–Trinajstić information content (AvgIpc) is 3.77. The molecular formula is C53H48N4O6. The first-order valence-corrected chi connectivity index (χ1v) is 21.5. The molecule has 3 aliphatic heterocycles. The minimum atomic E-state index is -1.94. The van der Waals surface area contributed by atoms with E-state index in [1.165, 1.54) is 18.2 Å². The first-order valence-electron chi connectivity index (χ1n) is 21.5. The minimum absolute atomic E-state index is 0.00826. The van der Waals surface area contributed by atoms with Gasteiger partial charge in [-0.25, -0.2) is 9.69 Å². The lowest BCUT2D eigenvalue weighted by Gasteiger charge is -2.46. The van der Waals surface area contributed by atoms with Crippen LogP contribution in [0.1, 0.15) is 90.2 Å². The Morgan fingerprint density at radius 1 is 0.857 bits per heavy atom. The number of nitrogens with zero attached hydrogens (tertiary/aromatic N) is 2. The Hall–Kier alpha value is -7.22. The number of esters is 1. The van der Waals surface area contributed by atoms with Gasteiger partial charge in [-0.1, -0.05) is 127 Å². The third-order valence-corrected chi connectivity index (χ3v) is 12.9. The summed E-state index contributed by atoms with van der Waals surface area (Å²) in [4.78, 5) is 64.7. The van der Waals surface area contributed by atoms with Gasteiger partial charge in [0.05, 0.1) is 29.7 Å². The summed E-state index contributed by atoms with van der Waals surface area (Å²) in [5.74, 6) is 3.28. The van der Waals surface area contributed by atoms with Crippen LogP contribution in [-0.2, 0) is 24.5 Å². The zero-order valence-corrected chi connectivity index (χ0v) is 34.9. The summed E-state index contributed by atoms with van der Waals surface area (Å²) in [7, 11) is 0. The fourth-order valence-electron chi connectivity index (χ4n) is 10.1. The van der Waals surface area contributed by atoms with Crippen LogP contribution in [0.3, 0.4) is 0 Å². The number of ether oxygens (including phenoxy) is 1. The lowest BCUT2D eigenvalue weighted by molar-refractivity contribution is -0.178. The molecule has 7 atom stereocenters. The molecular weight excluding hydrogens is 789 g/mol. The Balaban J connectivity index is 1.33. The number of carbonyl (C=O) groups is 4. The van der Waals surface area contributed by atoms with E-state index in [1.807, 2.05) is 109 Å². The number of aromatic hydroxyl groups is 1. The number of anilines is 1. The number of carbonyl (C=O) groups excluding carboxylic acids is 4. The summed E-state index contributed by atoms with van der Waals surface area (Å²) in [5.41, 5.74) is 3.21. The number of cyclic esters (lactones) is 1. The van der Waals surface area contributed by atoms with Crippen molar-refractivity contribution in [1.29, 1.82) is 0 Å². The number of allylic oxidation sites excluding steroid dienone is 2. The van der Waals surface area contributed by atoms with Crippen LogP contribution in [0.25, 0.3) is 0 Å². The molecule has 1 aliphatic carbocycles. The standard InChI is InChI=1S/C53H48N4O6/c1-3-32-54-49(59)44-46-50(60)63-47(39-22-14-7-15-23-39)45(38-20-12-6-13-21-38)57(46)48(40-27-29-41(58)30-28-40)53(44)42-33-36(25-24-35-16-8-4-9-17-35)26-31-43(42)56(51(53)61)52(62)55-34(2)37-18-10-5-11-19-37/h3,5-7,10-16,18-23,26-31,33-34,44-48,58H,1,4,8-9,17,32H2,2H3,(H,54,59)(H,55,62). The first-order chi connectivity index (χ1) is 30.7. The summed E-state index contributed by atoms with van der Waals surface area (Å²) in [5, 5.41) is 16.7. The second kappa shape index (κ2) is 17.3. The highest BCUT2D eigenvalue weighted by atomic mass is 16.6. The number of hydrogen-bond donors (Lipinski definition) is 3. The second-order valence-corrected chi connectivity index (χ2v) is 16.6. The van der Waals surface area contributed by atoms with Crippen molar-refractivity contribution >= 4 is 29.5 Å². The normalized spacial score (nSPS) is 24.2. The molecule has 9 rings (SSSR count). The molecule has 7 unspecified atom stereocenters. The number of urea groups is 1. The number of amides is 4. The number of imide groups is 1. The summed E-state index contributed by atoms with van der Waals surface area (Å²) in [6.07, 6.45) is 6.80. The summed E-state index contributed by atoms with van der Waals surface area (Å²) < 4.78 is 6.52. The van der Waals surface area contributed by atoms with Gasteiger partial charge >= 0.3 is 12.0 Å². The molecule has 3 N–H and O–H groups in total. The van der Waals surface area contributed by atoms with Crippen molar-refractivity contribution in [3.8, 4) is 17.6 Å². The van der Waals surface area contributed by atoms with Crippen LogP contribution in [0.4, 0.5) is 10.5 Å². The Morgan fingerprint density at radius 2 is 1.54 bits per heavy atom. The van der Waals surface area contributed by atoms with E-state index >= 15 is 14.4 Å². The van der Waals surface area contributed by atoms with Gasteiger partial charge in [-0.15, -0.1) is 6.58 Å². The Kier molecular flexibility index (Phi) is 11.3. The molecule has 63 heavy (non-hydrogen) atoms. The molecule has 4 amide bonds. The van der Waals surface area contributed by atoms with Gasteiger partial charge in [-0.2, -0.15) is 0 Å². The van der Waals surface area contributed by atoms with Gasteiger partial charge in [-0.05, 0) is 96.3 Å². The average molecular weight is 837 g/mol. The van der Waals surface area contributed by atoms with Gasteiger partial charge in [0.2, 0.25) is 11.8 Å². The molecule has 0 bridgehead atoms. The molecule has 0 radical (unpaired) electrons. The van der Waals surface area contributed by atoms with Crippen LogP contribution in [-0.4, -0.2) is 46.4 Å². The molecule has 4 aliphatic rings. The topological polar surface area (TPSA) is 128 Å². The number of benzene rings is 5. The molecule has 5 aromatic carbocycles. The van der Waals surface area contributed by atoms with E-state index in [0.717, 1.165) is 52.8 Å². The number of hydrogen-bond acceptors (Lipinski definition) is 7. The van der Waals surface area contributed by atoms with Gasteiger partial charge in [0.15, 0.2) is 0 Å². The lowest BCUT2D eigenvalue weighted by atomic mass is 9.65. The molecule has 0 aromatic heterocycles. The van der Waals surface area contributed by atoms with E-state index in [2.05, 4.69) is 35.1 Å². The zero-order chi connectivity index (χ0) is 43.7. The predicted octanol–water partition coefficient (Wildman–Crippen LogP) is 8.68. The largest absolute Gasteiger partial charge is 0.508 e. The summed E-state index contributed by atoms with van der Waals surface area (Å²) >= 11 is 0. The van der Waals surface area contributed by atoms with Crippen molar-refractivity contribution in [2.24, 2.45) is 5.92 Å². The third-order valence-electron chi connectivity index (χ3n) is 12.9. The van der Waals surface area contributed by atoms with Crippen molar-refractivity contribution in [1.82, 2.24) is 15.5 Å². The SMILES string of the molecule is C=CCNC(=O)C1C2C(=O)OC(c3ccccc3)C(c3ccccc3)N2C(c2ccc(O)cc2)C12C(=O)N(C(=O)NC(C)c1ccccc1)c1ccc(C#CC3=CCCCC3)cc12. The number of phenolic OH excluding ortho intramolecular Hbond substituents is 1. The maximum atomic E-state index is 16.3. The van der Waals surface area contributed by atoms with Crippen molar-refractivity contribution in [2.75, 3.05) is 11.4 Å². The van der Waals surface area contributed by atoms with Crippen LogP contribution in [0.2, 0.25) is 0 Å². The molecule has 0 saturated carbocycles. The molecule has 1 spiro atoms. The number of morpholine rings is 1. The second-order valence-electron chi connectivity index (χ2n) is 16.6. The molecule has 10 nitrogen and oxygen atoms in total. The molecule has 2 fully saturated rings. The maximum Gasteiger partial charge on any atom is 0.329 e. The molecule has 316 valence electrons. The van der Waals surface area contributed by atoms with Gasteiger partial charge in [0.25, 0.3) is 0 Å². The zero-order valence-electron chi connectivity index (χ0n) is 34.9. The molecule has 5 aromatic rings. The van der Waals surface area contributed by atoms with Crippen molar-refractivity contribution < 1.29 is 29.0 Å². The highest BCUT2D eigenvalue weighted by Crippen LogP contribution is 2.66. The smallest absolute Gasteiger partial charge is 0.329 e. The number of nitrogens with one attached hydrogen (secondary N) is 2. The number of fused-ring (bicyclic) bond motifs is 3. The van der Waals surface area contributed by atoms with E-state index < -0.39 is 65.4 Å². The Morgan fingerprint density at radius 3 is 2.21 bits per heavy atom. The van der Waals surface area contributed by atoms with Gasteiger partial charge < -0.3 is 20.5 Å². The number of phenols is 1. The van der Waals surface area contributed by atoms with Gasteiger partial charge in [0, 0.05) is 12.1 Å². The quantitative estimate of drug-likeness (QED) is 0.0811. The lowest BCUT2D eigenvalue weighted by Crippen LogP contribution is -2.56. The van der Waals surface area contributed by atoms with Crippen molar-refractivity contribution in [2.45, 2.75) is 68.3 Å². The molecule has 2 saturated heterocycles. The predicted molar refractivity (Wildman–Crippen MR) is 240 cm³/mol. The van der Waals surface area contributed by atoms with Crippen molar-refractivity contribution in [3.05, 3.63) is 191 Å². The highest BCUT2D eigenvalue weighted by molar-refractivity contribution is 6.24.